The van der Waals surface area contributed by atoms with Crippen molar-refractivity contribution in [3.8, 4) is 0 Å². The topological polar surface area (TPSA) is 65.0 Å². The van der Waals surface area contributed by atoms with E-state index in [0.29, 0.717) is 19.6 Å². The van der Waals surface area contributed by atoms with Crippen molar-refractivity contribution in [3.05, 3.63) is 48.0 Å². The molecule has 5 nitrogen and oxygen atoms in total. The second kappa shape index (κ2) is 6.41. The highest BCUT2D eigenvalue weighted by atomic mass is 16.8. The van der Waals surface area contributed by atoms with Gasteiger partial charge in [0.2, 0.25) is 17.4 Å². The quantitative estimate of drug-likeness (QED) is 0.918. The van der Waals surface area contributed by atoms with Crippen LogP contribution in [0.5, 0.6) is 0 Å². The van der Waals surface area contributed by atoms with Crippen LogP contribution in [0, 0.1) is 0 Å². The van der Waals surface area contributed by atoms with Crippen molar-refractivity contribution in [1.82, 2.24) is 0 Å². The average molecular weight is 332 g/mol. The summed E-state index contributed by atoms with van der Waals surface area (Å²) in [6, 6.07) is 9.70. The maximum atomic E-state index is 12.3. The Kier molecular flexibility index (Phi) is 4.62. The largest absolute Gasteiger partial charge is 0.365 e. The van der Waals surface area contributed by atoms with E-state index < -0.39 is 17.2 Å². The third-order valence-corrected chi connectivity index (χ3v) is 4.70. The lowest BCUT2D eigenvalue weighted by Gasteiger charge is -2.48. The van der Waals surface area contributed by atoms with Crippen LogP contribution in [0.2, 0.25) is 0 Å². The average Bonchev–Trinajstić information content (AvgIpc) is 2.58. The summed E-state index contributed by atoms with van der Waals surface area (Å²) in [7, 11) is 0. The van der Waals surface area contributed by atoms with Crippen molar-refractivity contribution in [2.45, 2.75) is 56.9 Å². The summed E-state index contributed by atoms with van der Waals surface area (Å²) in [5.74, 6) is -3.40. The standard InChI is InChI=1S/C19H24O5/c1-17(2,23-14-15-8-4-3-5-9-15)19(21)12-10-16(20)18(24-19)11-6-7-13-22-18/h3-5,8-10,12,21H,6-7,11,13-14H2,1-2H3/t18-,19-/m0/s1. The molecule has 0 radical (unpaired) electrons. The van der Waals surface area contributed by atoms with E-state index in [1.165, 1.54) is 12.2 Å². The van der Waals surface area contributed by atoms with Crippen LogP contribution in [0.4, 0.5) is 0 Å². The van der Waals surface area contributed by atoms with Gasteiger partial charge < -0.3 is 19.3 Å². The molecular weight excluding hydrogens is 308 g/mol. The Labute approximate surface area is 142 Å². The molecule has 1 aromatic carbocycles. The van der Waals surface area contributed by atoms with E-state index in [4.69, 9.17) is 14.2 Å². The normalized spacial score (nSPS) is 30.7. The molecular formula is C19H24O5. The molecule has 2 heterocycles. The Bertz CT molecular complexity index is 616. The van der Waals surface area contributed by atoms with Gasteiger partial charge in [-0.1, -0.05) is 30.3 Å². The molecule has 0 unspecified atom stereocenters. The van der Waals surface area contributed by atoms with Crippen LogP contribution >= 0.6 is 0 Å². The molecule has 0 aliphatic carbocycles. The summed E-state index contributed by atoms with van der Waals surface area (Å²) in [6.45, 7) is 4.26. The third-order valence-electron chi connectivity index (χ3n) is 4.70. The molecule has 2 atom stereocenters. The lowest BCUT2D eigenvalue weighted by molar-refractivity contribution is -0.368. The van der Waals surface area contributed by atoms with Gasteiger partial charge in [-0.2, -0.15) is 0 Å². The first-order chi connectivity index (χ1) is 11.4. The van der Waals surface area contributed by atoms with Crippen LogP contribution in [0.3, 0.4) is 0 Å². The van der Waals surface area contributed by atoms with Gasteiger partial charge in [0.15, 0.2) is 0 Å². The maximum Gasteiger partial charge on any atom is 0.235 e. The lowest BCUT2D eigenvalue weighted by atomic mass is 9.90. The van der Waals surface area contributed by atoms with Crippen LogP contribution in [0.25, 0.3) is 0 Å². The number of carbonyl (C=O) groups excluding carboxylic acids is 1. The first-order valence-electron chi connectivity index (χ1n) is 8.35. The number of ketones is 1. The molecule has 2 aliphatic rings. The fraction of sp³-hybridized carbons (Fsp3) is 0.526. The minimum Gasteiger partial charge on any atom is -0.365 e. The molecule has 0 bridgehead atoms. The van der Waals surface area contributed by atoms with Gasteiger partial charge >= 0.3 is 0 Å². The molecule has 0 saturated carbocycles. The number of benzene rings is 1. The highest BCUT2D eigenvalue weighted by Gasteiger charge is 2.56. The molecule has 5 heteroatoms. The monoisotopic (exact) mass is 332 g/mol. The van der Waals surface area contributed by atoms with Crippen molar-refractivity contribution in [1.29, 1.82) is 0 Å². The molecule has 1 N–H and O–H groups in total. The Balaban J connectivity index is 1.78. The summed E-state index contributed by atoms with van der Waals surface area (Å²) < 4.78 is 17.4. The molecule has 24 heavy (non-hydrogen) atoms. The predicted molar refractivity (Wildman–Crippen MR) is 88.0 cm³/mol. The molecule has 130 valence electrons. The third kappa shape index (κ3) is 3.17. The van der Waals surface area contributed by atoms with Crippen LogP contribution in [-0.4, -0.2) is 34.7 Å². The molecule has 1 fully saturated rings. The fourth-order valence-corrected chi connectivity index (χ4v) is 2.96. The van der Waals surface area contributed by atoms with E-state index in [0.717, 1.165) is 18.4 Å². The van der Waals surface area contributed by atoms with Crippen LogP contribution in [0.15, 0.2) is 42.5 Å². The maximum absolute atomic E-state index is 12.3. The fourth-order valence-electron chi connectivity index (χ4n) is 2.96. The van der Waals surface area contributed by atoms with Gasteiger partial charge in [0.1, 0.15) is 5.60 Å². The summed E-state index contributed by atoms with van der Waals surface area (Å²) in [4.78, 5) is 12.3. The zero-order valence-electron chi connectivity index (χ0n) is 14.2. The second-order valence-electron chi connectivity index (χ2n) is 6.84. The zero-order valence-corrected chi connectivity index (χ0v) is 14.2. The second-order valence-corrected chi connectivity index (χ2v) is 6.84. The highest BCUT2D eigenvalue weighted by Crippen LogP contribution is 2.41. The van der Waals surface area contributed by atoms with Crippen LogP contribution < -0.4 is 0 Å². The first-order valence-corrected chi connectivity index (χ1v) is 8.35. The van der Waals surface area contributed by atoms with Crippen molar-refractivity contribution in [2.24, 2.45) is 0 Å². The van der Waals surface area contributed by atoms with Gasteiger partial charge in [0.05, 0.1) is 13.2 Å². The lowest BCUT2D eigenvalue weighted by Crippen LogP contribution is -2.62. The van der Waals surface area contributed by atoms with Gasteiger partial charge in [0, 0.05) is 6.42 Å². The Morgan fingerprint density at radius 2 is 2.00 bits per heavy atom. The van der Waals surface area contributed by atoms with E-state index in [-0.39, 0.29) is 5.78 Å². The van der Waals surface area contributed by atoms with Crippen molar-refractivity contribution in [2.75, 3.05) is 6.61 Å². The minimum absolute atomic E-state index is 0.259. The van der Waals surface area contributed by atoms with Gasteiger partial charge in [-0.3, -0.25) is 4.79 Å². The Morgan fingerprint density at radius 1 is 1.25 bits per heavy atom. The molecule has 0 amide bonds. The summed E-state index contributed by atoms with van der Waals surface area (Å²) in [6.07, 6.45) is 4.86. The number of aliphatic hydroxyl groups is 1. The molecule has 1 aromatic rings. The zero-order chi connectivity index (χ0) is 17.3. The van der Waals surface area contributed by atoms with Gasteiger partial charge in [-0.05, 0) is 44.4 Å². The van der Waals surface area contributed by atoms with E-state index in [1.807, 2.05) is 30.3 Å². The smallest absolute Gasteiger partial charge is 0.235 e. The number of hydrogen-bond donors (Lipinski definition) is 1. The number of carbonyl (C=O) groups is 1. The molecule has 0 aromatic heterocycles. The summed E-state index contributed by atoms with van der Waals surface area (Å²) in [5, 5.41) is 11.0. The minimum atomic E-state index is -1.74. The SMILES string of the molecule is CC(C)(OCc1ccccc1)[C@]1(O)C=CC(=O)[C@]2(CCCCO2)O1. The van der Waals surface area contributed by atoms with Crippen molar-refractivity contribution >= 4 is 5.78 Å². The molecule has 1 spiro atoms. The van der Waals surface area contributed by atoms with Gasteiger partial charge in [-0.15, -0.1) is 0 Å². The molecule has 3 rings (SSSR count). The summed E-state index contributed by atoms with van der Waals surface area (Å²) >= 11 is 0. The van der Waals surface area contributed by atoms with E-state index in [2.05, 4.69) is 0 Å². The van der Waals surface area contributed by atoms with Crippen molar-refractivity contribution in [3.63, 3.8) is 0 Å². The number of hydrogen-bond acceptors (Lipinski definition) is 5. The Morgan fingerprint density at radius 3 is 2.67 bits per heavy atom. The molecule has 1 saturated heterocycles. The van der Waals surface area contributed by atoms with Crippen molar-refractivity contribution < 1.29 is 24.1 Å². The van der Waals surface area contributed by atoms with Crippen LogP contribution in [-0.2, 0) is 25.6 Å². The summed E-state index contributed by atoms with van der Waals surface area (Å²) in [5.41, 5.74) is -0.0675. The number of rotatable bonds is 4. The number of ether oxygens (including phenoxy) is 3. The van der Waals surface area contributed by atoms with Gasteiger partial charge in [-0.25, -0.2) is 0 Å². The van der Waals surface area contributed by atoms with E-state index in [9.17, 15) is 9.90 Å². The van der Waals surface area contributed by atoms with E-state index in [1.54, 1.807) is 13.8 Å². The van der Waals surface area contributed by atoms with Gasteiger partial charge in [0.25, 0.3) is 0 Å². The first kappa shape index (κ1) is 17.3. The Hall–Kier alpha value is -1.53. The molecule has 2 aliphatic heterocycles. The predicted octanol–water partition coefficient (Wildman–Crippen LogP) is 2.72. The van der Waals surface area contributed by atoms with Crippen LogP contribution in [0.1, 0.15) is 38.7 Å². The highest BCUT2D eigenvalue weighted by molar-refractivity contribution is 5.96. The van der Waals surface area contributed by atoms with E-state index >= 15 is 0 Å².